The molecule has 1 unspecified atom stereocenters. The maximum Gasteiger partial charge on any atom is 0.176 e. The Morgan fingerprint density at radius 2 is 2.00 bits per heavy atom. The summed E-state index contributed by atoms with van der Waals surface area (Å²) in [5.41, 5.74) is 1.22. The van der Waals surface area contributed by atoms with Crippen molar-refractivity contribution in [3.63, 3.8) is 0 Å². The molecular weight excluding hydrogens is 290 g/mol. The Morgan fingerprint density at radius 1 is 1.26 bits per heavy atom. The highest BCUT2D eigenvalue weighted by Crippen LogP contribution is 2.17. The molecule has 2 heterocycles. The van der Waals surface area contributed by atoms with Crippen LogP contribution in [0.1, 0.15) is 45.0 Å². The van der Waals surface area contributed by atoms with Crippen molar-refractivity contribution in [2.45, 2.75) is 53.1 Å². The van der Waals surface area contributed by atoms with Crippen LogP contribution in [0.25, 0.3) is 5.82 Å². The van der Waals surface area contributed by atoms with Crippen LogP contribution in [0.3, 0.4) is 0 Å². The van der Waals surface area contributed by atoms with E-state index in [4.69, 9.17) is 0 Å². The molecule has 6 nitrogen and oxygen atoms in total. The predicted octanol–water partition coefficient (Wildman–Crippen LogP) is 2.88. The second-order valence-electron chi connectivity index (χ2n) is 6.90. The number of aryl methyl sites for hydroxylation is 2. The molecule has 0 amide bonds. The fourth-order valence-corrected chi connectivity index (χ4v) is 2.36. The highest BCUT2D eigenvalue weighted by molar-refractivity contribution is 5.37. The number of hydrogen-bond acceptors (Lipinski definition) is 5. The zero-order valence-corrected chi connectivity index (χ0v) is 14.7. The first-order valence-corrected chi connectivity index (χ1v) is 8.10. The number of anilines is 1. The molecule has 6 heteroatoms. The van der Waals surface area contributed by atoms with Gasteiger partial charge in [-0.2, -0.15) is 5.10 Å². The zero-order valence-electron chi connectivity index (χ0n) is 14.7. The SMILES string of the molecule is Cc1cc(C)n(-c2ccc(NCC(C)(O)CCC(C)C)nn2)n1. The number of nitrogens with one attached hydrogen (secondary N) is 1. The molecule has 0 spiro atoms. The monoisotopic (exact) mass is 317 g/mol. The van der Waals surface area contributed by atoms with Gasteiger partial charge in [-0.25, -0.2) is 4.68 Å². The lowest BCUT2D eigenvalue weighted by atomic mass is 9.95. The van der Waals surface area contributed by atoms with E-state index >= 15 is 0 Å². The van der Waals surface area contributed by atoms with Gasteiger partial charge in [0.25, 0.3) is 0 Å². The summed E-state index contributed by atoms with van der Waals surface area (Å²) in [6.07, 6.45) is 1.76. The predicted molar refractivity (Wildman–Crippen MR) is 91.8 cm³/mol. The van der Waals surface area contributed by atoms with Gasteiger partial charge in [0.1, 0.15) is 5.82 Å². The number of aromatic nitrogens is 4. The van der Waals surface area contributed by atoms with E-state index in [9.17, 15) is 5.11 Å². The highest BCUT2D eigenvalue weighted by Gasteiger charge is 2.20. The van der Waals surface area contributed by atoms with Gasteiger partial charge in [0.05, 0.1) is 11.3 Å². The van der Waals surface area contributed by atoms with Gasteiger partial charge in [-0.1, -0.05) is 13.8 Å². The van der Waals surface area contributed by atoms with Gasteiger partial charge >= 0.3 is 0 Å². The van der Waals surface area contributed by atoms with Gasteiger partial charge < -0.3 is 10.4 Å². The Morgan fingerprint density at radius 3 is 2.52 bits per heavy atom. The Labute approximate surface area is 137 Å². The van der Waals surface area contributed by atoms with Gasteiger partial charge in [-0.3, -0.25) is 0 Å². The van der Waals surface area contributed by atoms with Crippen molar-refractivity contribution < 1.29 is 5.11 Å². The van der Waals surface area contributed by atoms with Crippen LogP contribution in [0, 0.1) is 19.8 Å². The van der Waals surface area contributed by atoms with E-state index in [-0.39, 0.29) is 0 Å². The lowest BCUT2D eigenvalue weighted by Crippen LogP contribution is -2.34. The van der Waals surface area contributed by atoms with Gasteiger partial charge in [0.2, 0.25) is 0 Å². The van der Waals surface area contributed by atoms with Crippen LogP contribution in [0.2, 0.25) is 0 Å². The lowest BCUT2D eigenvalue weighted by molar-refractivity contribution is 0.0585. The van der Waals surface area contributed by atoms with Crippen molar-refractivity contribution in [1.29, 1.82) is 0 Å². The Kier molecular flexibility index (Phi) is 5.36. The molecule has 0 bridgehead atoms. The molecule has 2 rings (SSSR count). The second-order valence-corrected chi connectivity index (χ2v) is 6.90. The summed E-state index contributed by atoms with van der Waals surface area (Å²) in [7, 11) is 0. The van der Waals surface area contributed by atoms with Crippen molar-refractivity contribution in [3.8, 4) is 5.82 Å². The average molecular weight is 317 g/mol. The van der Waals surface area contributed by atoms with Gasteiger partial charge in [-0.05, 0) is 57.7 Å². The largest absolute Gasteiger partial charge is 0.388 e. The first kappa shape index (κ1) is 17.4. The van der Waals surface area contributed by atoms with E-state index in [0.717, 1.165) is 24.2 Å². The molecule has 0 aliphatic heterocycles. The van der Waals surface area contributed by atoms with Crippen LogP contribution < -0.4 is 5.32 Å². The van der Waals surface area contributed by atoms with Crippen molar-refractivity contribution in [2.24, 2.45) is 5.92 Å². The number of nitrogens with zero attached hydrogens (tertiary/aromatic N) is 4. The number of rotatable bonds is 7. The molecule has 2 N–H and O–H groups in total. The van der Waals surface area contributed by atoms with E-state index in [1.807, 2.05) is 39.0 Å². The van der Waals surface area contributed by atoms with E-state index in [0.29, 0.717) is 24.1 Å². The number of aliphatic hydroxyl groups is 1. The summed E-state index contributed by atoms with van der Waals surface area (Å²) in [5, 5.41) is 26.3. The van der Waals surface area contributed by atoms with Crippen LogP contribution in [0.5, 0.6) is 0 Å². The van der Waals surface area contributed by atoms with Crippen molar-refractivity contribution >= 4 is 5.82 Å². The average Bonchev–Trinajstić information content (AvgIpc) is 2.83. The normalized spacial score (nSPS) is 14.0. The molecule has 0 saturated heterocycles. The zero-order chi connectivity index (χ0) is 17.0. The quantitative estimate of drug-likeness (QED) is 0.821. The third-order valence-corrected chi connectivity index (χ3v) is 3.79. The topological polar surface area (TPSA) is 75.9 Å². The minimum absolute atomic E-state index is 0.452. The van der Waals surface area contributed by atoms with E-state index in [1.165, 1.54) is 0 Å². The third kappa shape index (κ3) is 5.03. The fraction of sp³-hybridized carbons (Fsp3) is 0.588. The molecule has 2 aromatic heterocycles. The minimum atomic E-state index is -0.750. The summed E-state index contributed by atoms with van der Waals surface area (Å²) >= 11 is 0. The van der Waals surface area contributed by atoms with Crippen molar-refractivity contribution in [2.75, 3.05) is 11.9 Å². The smallest absolute Gasteiger partial charge is 0.176 e. The van der Waals surface area contributed by atoms with Crippen LogP contribution in [-0.4, -0.2) is 37.2 Å². The maximum absolute atomic E-state index is 10.4. The summed E-state index contributed by atoms with van der Waals surface area (Å²) in [5.74, 6) is 1.93. The summed E-state index contributed by atoms with van der Waals surface area (Å²) in [4.78, 5) is 0. The minimum Gasteiger partial charge on any atom is -0.388 e. The van der Waals surface area contributed by atoms with Crippen LogP contribution >= 0.6 is 0 Å². The van der Waals surface area contributed by atoms with E-state index in [2.05, 4.69) is 34.5 Å². The number of hydrogen-bond donors (Lipinski definition) is 2. The molecule has 0 radical (unpaired) electrons. The fourth-order valence-electron chi connectivity index (χ4n) is 2.36. The molecule has 0 fully saturated rings. The summed E-state index contributed by atoms with van der Waals surface area (Å²) in [6.45, 7) is 10.6. The van der Waals surface area contributed by atoms with Crippen molar-refractivity contribution in [3.05, 3.63) is 29.6 Å². The third-order valence-electron chi connectivity index (χ3n) is 3.79. The van der Waals surface area contributed by atoms with Gasteiger partial charge in [0, 0.05) is 12.2 Å². The van der Waals surface area contributed by atoms with E-state index < -0.39 is 5.60 Å². The van der Waals surface area contributed by atoms with Crippen LogP contribution in [0.15, 0.2) is 18.2 Å². The highest BCUT2D eigenvalue weighted by atomic mass is 16.3. The molecule has 0 aliphatic rings. The second kappa shape index (κ2) is 7.08. The van der Waals surface area contributed by atoms with Crippen LogP contribution in [-0.2, 0) is 0 Å². The standard InChI is InChI=1S/C17H27N5O/c1-12(2)8-9-17(5,23)11-18-15-6-7-16(20-19-15)22-14(4)10-13(3)21-22/h6-7,10,12,23H,8-9,11H2,1-5H3,(H,18,19). The summed E-state index contributed by atoms with van der Waals surface area (Å²) < 4.78 is 1.77. The molecule has 126 valence electrons. The van der Waals surface area contributed by atoms with E-state index in [1.54, 1.807) is 4.68 Å². The maximum atomic E-state index is 10.4. The van der Waals surface area contributed by atoms with Gasteiger partial charge in [0.15, 0.2) is 5.82 Å². The molecular formula is C17H27N5O. The summed E-state index contributed by atoms with van der Waals surface area (Å²) in [6, 6.07) is 5.73. The molecule has 0 aliphatic carbocycles. The molecule has 2 aromatic rings. The van der Waals surface area contributed by atoms with Gasteiger partial charge in [-0.15, -0.1) is 10.2 Å². The first-order chi connectivity index (χ1) is 10.8. The molecule has 1 atom stereocenters. The molecule has 23 heavy (non-hydrogen) atoms. The van der Waals surface area contributed by atoms with Crippen molar-refractivity contribution in [1.82, 2.24) is 20.0 Å². The molecule has 0 aromatic carbocycles. The molecule has 0 saturated carbocycles. The Bertz CT molecular complexity index is 631. The first-order valence-electron chi connectivity index (χ1n) is 8.10. The lowest BCUT2D eigenvalue weighted by Gasteiger charge is -2.24. The van der Waals surface area contributed by atoms with Crippen LogP contribution in [0.4, 0.5) is 5.82 Å². The Balaban J connectivity index is 1.96. The Hall–Kier alpha value is -1.95.